The van der Waals surface area contributed by atoms with Crippen molar-refractivity contribution < 1.29 is 9.53 Å². The number of hydrogen-bond donors (Lipinski definition) is 0. The molecule has 1 aromatic rings. The Morgan fingerprint density at radius 3 is 2.70 bits per heavy atom. The van der Waals surface area contributed by atoms with Gasteiger partial charge < -0.3 is 9.64 Å². The standard InChI is InChI=1S/C17H25NO2/c1-3-8-16-14(13-17(19)20-4-2)11-12-18(16)15-9-6-5-7-10-15/h5-7,9-10,14,16H,3-4,8,11-13H2,1-2H3. The third-order valence-corrected chi connectivity index (χ3v) is 4.09. The van der Waals surface area contributed by atoms with E-state index in [0.29, 0.717) is 25.0 Å². The maximum absolute atomic E-state index is 11.8. The SMILES string of the molecule is CCCC1C(CC(=O)OCC)CCN1c1ccccc1. The van der Waals surface area contributed by atoms with Crippen LogP contribution in [0.4, 0.5) is 5.69 Å². The molecule has 1 aliphatic rings. The molecule has 1 aromatic carbocycles. The Bertz CT molecular complexity index is 418. The molecule has 0 amide bonds. The Balaban J connectivity index is 2.06. The van der Waals surface area contributed by atoms with Gasteiger partial charge in [0.15, 0.2) is 0 Å². The van der Waals surface area contributed by atoms with Gasteiger partial charge in [-0.2, -0.15) is 0 Å². The zero-order valence-electron chi connectivity index (χ0n) is 12.5. The molecular weight excluding hydrogens is 250 g/mol. The highest BCUT2D eigenvalue weighted by atomic mass is 16.5. The first-order valence-corrected chi connectivity index (χ1v) is 7.73. The number of hydrogen-bond acceptors (Lipinski definition) is 3. The molecule has 1 saturated heterocycles. The number of ether oxygens (including phenoxy) is 1. The predicted octanol–water partition coefficient (Wildman–Crippen LogP) is 3.63. The topological polar surface area (TPSA) is 29.5 Å². The molecule has 110 valence electrons. The molecule has 20 heavy (non-hydrogen) atoms. The predicted molar refractivity (Wildman–Crippen MR) is 81.8 cm³/mol. The zero-order chi connectivity index (χ0) is 14.4. The van der Waals surface area contributed by atoms with E-state index >= 15 is 0 Å². The Morgan fingerprint density at radius 1 is 1.30 bits per heavy atom. The van der Waals surface area contributed by atoms with Crippen LogP contribution in [0.5, 0.6) is 0 Å². The molecule has 0 spiro atoms. The smallest absolute Gasteiger partial charge is 0.306 e. The normalized spacial score (nSPS) is 22.0. The van der Waals surface area contributed by atoms with Crippen LogP contribution in [0.25, 0.3) is 0 Å². The summed E-state index contributed by atoms with van der Waals surface area (Å²) in [4.78, 5) is 14.2. The molecule has 3 nitrogen and oxygen atoms in total. The summed E-state index contributed by atoms with van der Waals surface area (Å²) in [7, 11) is 0. The lowest BCUT2D eigenvalue weighted by atomic mass is 9.93. The van der Waals surface area contributed by atoms with Crippen molar-refractivity contribution in [3.8, 4) is 0 Å². The van der Waals surface area contributed by atoms with Crippen LogP contribution in [0.15, 0.2) is 30.3 Å². The van der Waals surface area contributed by atoms with Crippen molar-refractivity contribution in [2.75, 3.05) is 18.1 Å². The monoisotopic (exact) mass is 275 g/mol. The molecule has 2 unspecified atom stereocenters. The summed E-state index contributed by atoms with van der Waals surface area (Å²) in [6, 6.07) is 11.0. The van der Waals surface area contributed by atoms with E-state index in [1.54, 1.807) is 0 Å². The van der Waals surface area contributed by atoms with Crippen molar-refractivity contribution in [2.24, 2.45) is 5.92 Å². The fourth-order valence-electron chi connectivity index (χ4n) is 3.22. The first kappa shape index (κ1) is 14.9. The lowest BCUT2D eigenvalue weighted by Gasteiger charge is -2.29. The maximum Gasteiger partial charge on any atom is 0.306 e. The quantitative estimate of drug-likeness (QED) is 0.742. The van der Waals surface area contributed by atoms with Crippen LogP contribution in [-0.4, -0.2) is 25.2 Å². The molecule has 1 fully saturated rings. The average molecular weight is 275 g/mol. The van der Waals surface area contributed by atoms with E-state index in [-0.39, 0.29) is 5.97 Å². The van der Waals surface area contributed by atoms with Gasteiger partial charge in [0.1, 0.15) is 0 Å². The maximum atomic E-state index is 11.8. The third kappa shape index (κ3) is 3.53. The zero-order valence-corrected chi connectivity index (χ0v) is 12.5. The van der Waals surface area contributed by atoms with Gasteiger partial charge in [-0.3, -0.25) is 4.79 Å². The highest BCUT2D eigenvalue weighted by molar-refractivity contribution is 5.70. The van der Waals surface area contributed by atoms with E-state index in [1.807, 2.05) is 13.0 Å². The summed E-state index contributed by atoms with van der Waals surface area (Å²) in [5, 5.41) is 0. The minimum Gasteiger partial charge on any atom is -0.466 e. The second-order valence-corrected chi connectivity index (χ2v) is 5.44. The van der Waals surface area contributed by atoms with Crippen LogP contribution < -0.4 is 4.90 Å². The molecule has 2 atom stereocenters. The summed E-state index contributed by atoms with van der Waals surface area (Å²) in [6.07, 6.45) is 3.92. The van der Waals surface area contributed by atoms with Gasteiger partial charge in [-0.1, -0.05) is 31.5 Å². The van der Waals surface area contributed by atoms with Gasteiger partial charge in [0, 0.05) is 18.3 Å². The van der Waals surface area contributed by atoms with Gasteiger partial charge in [0.2, 0.25) is 0 Å². The van der Waals surface area contributed by atoms with E-state index in [2.05, 4.69) is 36.1 Å². The summed E-state index contributed by atoms with van der Waals surface area (Å²) in [5.41, 5.74) is 1.28. The largest absolute Gasteiger partial charge is 0.466 e. The van der Waals surface area contributed by atoms with E-state index in [0.717, 1.165) is 25.8 Å². The summed E-state index contributed by atoms with van der Waals surface area (Å²) < 4.78 is 5.11. The highest BCUT2D eigenvalue weighted by Gasteiger charge is 2.34. The van der Waals surface area contributed by atoms with Gasteiger partial charge in [0.25, 0.3) is 0 Å². The number of nitrogens with zero attached hydrogens (tertiary/aromatic N) is 1. The lowest BCUT2D eigenvalue weighted by Crippen LogP contribution is -2.33. The van der Waals surface area contributed by atoms with Crippen molar-refractivity contribution in [1.29, 1.82) is 0 Å². The molecule has 1 heterocycles. The molecule has 0 radical (unpaired) electrons. The summed E-state index contributed by atoms with van der Waals surface area (Å²) in [5.74, 6) is 0.378. The Hall–Kier alpha value is -1.51. The van der Waals surface area contributed by atoms with Gasteiger partial charge in [0.05, 0.1) is 13.0 Å². The van der Waals surface area contributed by atoms with Crippen molar-refractivity contribution >= 4 is 11.7 Å². The number of esters is 1. The van der Waals surface area contributed by atoms with Crippen LogP contribution in [-0.2, 0) is 9.53 Å². The minimum absolute atomic E-state index is 0.0477. The van der Waals surface area contributed by atoms with Crippen molar-refractivity contribution in [2.45, 2.75) is 45.6 Å². The number of para-hydroxylation sites is 1. The van der Waals surface area contributed by atoms with Crippen molar-refractivity contribution in [3.05, 3.63) is 30.3 Å². The Morgan fingerprint density at radius 2 is 2.05 bits per heavy atom. The number of benzene rings is 1. The van der Waals surface area contributed by atoms with E-state index in [4.69, 9.17) is 4.74 Å². The first-order valence-electron chi connectivity index (χ1n) is 7.73. The fraction of sp³-hybridized carbons (Fsp3) is 0.588. The average Bonchev–Trinajstić information content (AvgIpc) is 2.83. The molecule has 0 saturated carbocycles. The van der Waals surface area contributed by atoms with Crippen LogP contribution >= 0.6 is 0 Å². The molecule has 3 heteroatoms. The van der Waals surface area contributed by atoms with Crippen LogP contribution in [0, 0.1) is 5.92 Å². The second kappa shape index (κ2) is 7.32. The van der Waals surface area contributed by atoms with Gasteiger partial charge in [-0.25, -0.2) is 0 Å². The number of anilines is 1. The van der Waals surface area contributed by atoms with Crippen LogP contribution in [0.3, 0.4) is 0 Å². The van der Waals surface area contributed by atoms with Crippen molar-refractivity contribution in [1.82, 2.24) is 0 Å². The van der Waals surface area contributed by atoms with E-state index in [9.17, 15) is 4.79 Å². The van der Waals surface area contributed by atoms with Gasteiger partial charge in [-0.15, -0.1) is 0 Å². The van der Waals surface area contributed by atoms with Gasteiger partial charge in [-0.05, 0) is 37.8 Å². The first-order chi connectivity index (χ1) is 9.76. The van der Waals surface area contributed by atoms with Crippen LogP contribution in [0.2, 0.25) is 0 Å². The van der Waals surface area contributed by atoms with Gasteiger partial charge >= 0.3 is 5.97 Å². The molecule has 0 aromatic heterocycles. The van der Waals surface area contributed by atoms with Crippen LogP contribution in [0.1, 0.15) is 39.5 Å². The summed E-state index contributed by atoms with van der Waals surface area (Å²) >= 11 is 0. The molecule has 1 aliphatic heterocycles. The minimum atomic E-state index is -0.0477. The molecule has 0 aliphatic carbocycles. The van der Waals surface area contributed by atoms with E-state index in [1.165, 1.54) is 5.69 Å². The number of carbonyl (C=O) groups excluding carboxylic acids is 1. The van der Waals surface area contributed by atoms with E-state index < -0.39 is 0 Å². The molecule has 0 N–H and O–H groups in total. The Kier molecular flexibility index (Phi) is 5.45. The van der Waals surface area contributed by atoms with Crippen molar-refractivity contribution in [3.63, 3.8) is 0 Å². The molecule has 2 rings (SSSR count). The number of carbonyl (C=O) groups is 1. The molecule has 0 bridgehead atoms. The summed E-state index contributed by atoms with van der Waals surface area (Å²) in [6.45, 7) is 5.60. The second-order valence-electron chi connectivity index (χ2n) is 5.44. The Labute approximate surface area is 121 Å². The molecular formula is C17H25NO2. The fourth-order valence-corrected chi connectivity index (χ4v) is 3.22. The third-order valence-electron chi connectivity index (χ3n) is 4.09. The number of rotatable bonds is 6. The lowest BCUT2D eigenvalue weighted by molar-refractivity contribution is -0.144. The highest BCUT2D eigenvalue weighted by Crippen LogP contribution is 2.34.